The van der Waals surface area contributed by atoms with Crippen molar-refractivity contribution in [2.75, 3.05) is 13.3 Å². The number of alkyl halides is 3. The van der Waals surface area contributed by atoms with Crippen molar-refractivity contribution in [3.63, 3.8) is 0 Å². The van der Waals surface area contributed by atoms with Crippen molar-refractivity contribution >= 4 is 5.91 Å². The molecule has 1 aliphatic heterocycles. The van der Waals surface area contributed by atoms with Gasteiger partial charge >= 0.3 is 12.1 Å². The summed E-state index contributed by atoms with van der Waals surface area (Å²) in [7, 11) is 0. The van der Waals surface area contributed by atoms with Crippen LogP contribution in [0.25, 0.3) is 0 Å². The van der Waals surface area contributed by atoms with Crippen LogP contribution in [0.3, 0.4) is 0 Å². The molecular formula is C5H7F3N2O2. The maximum atomic E-state index is 11.6. The van der Waals surface area contributed by atoms with E-state index in [1.165, 1.54) is 0 Å². The molecule has 1 atom stereocenters. The second kappa shape index (κ2) is 3.28. The molecule has 70 valence electrons. The highest BCUT2D eigenvalue weighted by Gasteiger charge is 2.40. The van der Waals surface area contributed by atoms with E-state index < -0.39 is 18.3 Å². The lowest BCUT2D eigenvalue weighted by Crippen LogP contribution is -2.44. The van der Waals surface area contributed by atoms with Crippen molar-refractivity contribution < 1.29 is 22.7 Å². The maximum Gasteiger partial charge on any atom is 0.471 e. The Bertz CT molecular complexity index is 176. The molecule has 12 heavy (non-hydrogen) atoms. The predicted octanol–water partition coefficient (Wildman–Crippen LogP) is -0.432. The van der Waals surface area contributed by atoms with Crippen LogP contribution in [0, 0.1) is 0 Å². The summed E-state index contributed by atoms with van der Waals surface area (Å²) in [5.74, 6) is -1.98. The van der Waals surface area contributed by atoms with E-state index in [2.05, 4.69) is 10.1 Å². The molecule has 4 nitrogen and oxygen atoms in total. The summed E-state index contributed by atoms with van der Waals surface area (Å²) >= 11 is 0. The number of rotatable bonds is 1. The van der Waals surface area contributed by atoms with Gasteiger partial charge in [0.2, 0.25) is 0 Å². The van der Waals surface area contributed by atoms with Crippen LogP contribution in [-0.4, -0.2) is 31.6 Å². The molecule has 0 radical (unpaired) electrons. The van der Waals surface area contributed by atoms with Gasteiger partial charge in [-0.3, -0.25) is 10.1 Å². The number of hydrogen-bond acceptors (Lipinski definition) is 3. The molecule has 0 aromatic rings. The normalized spacial score (nSPS) is 24.1. The van der Waals surface area contributed by atoms with E-state index in [1.807, 2.05) is 0 Å². The smallest absolute Gasteiger partial charge is 0.342 e. The highest BCUT2D eigenvalue weighted by Crippen LogP contribution is 2.14. The Labute approximate surface area is 66.1 Å². The first-order valence-electron chi connectivity index (χ1n) is 3.20. The zero-order valence-electron chi connectivity index (χ0n) is 5.94. The molecule has 1 heterocycles. The van der Waals surface area contributed by atoms with E-state index in [-0.39, 0.29) is 13.3 Å². The summed E-state index contributed by atoms with van der Waals surface area (Å²) < 4.78 is 39.5. The predicted molar refractivity (Wildman–Crippen MR) is 31.9 cm³/mol. The summed E-state index contributed by atoms with van der Waals surface area (Å²) in [5.41, 5.74) is 0. The summed E-state index contributed by atoms with van der Waals surface area (Å²) in [6.07, 6.45) is -5.72. The fourth-order valence-electron chi connectivity index (χ4n) is 0.729. The average Bonchev–Trinajstić information content (AvgIpc) is 2.37. The number of carbonyl (C=O) groups excluding carboxylic acids is 1. The second-order valence-electron chi connectivity index (χ2n) is 2.22. The summed E-state index contributed by atoms with van der Waals surface area (Å²) in [4.78, 5) is 10.3. The van der Waals surface area contributed by atoms with Gasteiger partial charge in [0.25, 0.3) is 0 Å². The topological polar surface area (TPSA) is 50.4 Å². The SMILES string of the molecule is O=C(N[C@H]1CNCO1)C(F)(F)F. The minimum Gasteiger partial charge on any atom is -0.342 e. The molecule has 0 aromatic carbocycles. The second-order valence-corrected chi connectivity index (χ2v) is 2.22. The molecule has 1 saturated heterocycles. The van der Waals surface area contributed by atoms with E-state index in [0.29, 0.717) is 0 Å². The Balaban J connectivity index is 2.35. The number of amides is 1. The fourth-order valence-corrected chi connectivity index (χ4v) is 0.729. The quantitative estimate of drug-likeness (QED) is 0.581. The van der Waals surface area contributed by atoms with Crippen LogP contribution in [-0.2, 0) is 9.53 Å². The van der Waals surface area contributed by atoms with E-state index in [0.717, 1.165) is 0 Å². The largest absolute Gasteiger partial charge is 0.471 e. The van der Waals surface area contributed by atoms with Gasteiger partial charge in [-0.1, -0.05) is 0 Å². The van der Waals surface area contributed by atoms with E-state index in [1.54, 1.807) is 5.32 Å². The lowest BCUT2D eigenvalue weighted by Gasteiger charge is -2.12. The monoisotopic (exact) mass is 184 g/mol. The van der Waals surface area contributed by atoms with Crippen LogP contribution in [0.1, 0.15) is 0 Å². The van der Waals surface area contributed by atoms with Gasteiger partial charge in [0.15, 0.2) is 0 Å². The average molecular weight is 184 g/mol. The number of nitrogens with one attached hydrogen (secondary N) is 2. The van der Waals surface area contributed by atoms with Crippen molar-refractivity contribution in [1.82, 2.24) is 10.6 Å². The molecule has 1 fully saturated rings. The van der Waals surface area contributed by atoms with Crippen LogP contribution in [0.2, 0.25) is 0 Å². The van der Waals surface area contributed by atoms with Gasteiger partial charge in [0.1, 0.15) is 6.23 Å². The lowest BCUT2D eigenvalue weighted by atomic mass is 10.5. The molecule has 1 rings (SSSR count). The van der Waals surface area contributed by atoms with E-state index in [9.17, 15) is 18.0 Å². The number of carbonyl (C=O) groups is 1. The molecule has 0 bridgehead atoms. The van der Waals surface area contributed by atoms with Gasteiger partial charge in [-0.2, -0.15) is 13.2 Å². The summed E-state index contributed by atoms with van der Waals surface area (Å²) in [6.45, 7) is 0.352. The molecule has 1 amide bonds. The Morgan fingerprint density at radius 3 is 2.67 bits per heavy atom. The van der Waals surface area contributed by atoms with Gasteiger partial charge < -0.3 is 10.1 Å². The molecule has 0 unspecified atom stereocenters. The van der Waals surface area contributed by atoms with Crippen molar-refractivity contribution in [2.45, 2.75) is 12.4 Å². The molecule has 0 aromatic heterocycles. The third-order valence-corrected chi connectivity index (χ3v) is 1.27. The van der Waals surface area contributed by atoms with Gasteiger partial charge in [-0.05, 0) is 0 Å². The fraction of sp³-hybridized carbons (Fsp3) is 0.800. The van der Waals surface area contributed by atoms with Crippen LogP contribution < -0.4 is 10.6 Å². The number of ether oxygens (including phenoxy) is 1. The third kappa shape index (κ3) is 2.35. The molecule has 0 saturated carbocycles. The number of hydrogen-bond donors (Lipinski definition) is 2. The molecule has 0 spiro atoms. The molecule has 0 aliphatic carbocycles. The van der Waals surface area contributed by atoms with Crippen LogP contribution in [0.5, 0.6) is 0 Å². The van der Waals surface area contributed by atoms with Crippen LogP contribution >= 0.6 is 0 Å². The molecule has 7 heteroatoms. The lowest BCUT2D eigenvalue weighted by molar-refractivity contribution is -0.176. The first kappa shape index (κ1) is 9.27. The highest BCUT2D eigenvalue weighted by molar-refractivity contribution is 5.81. The van der Waals surface area contributed by atoms with E-state index >= 15 is 0 Å². The summed E-state index contributed by atoms with van der Waals surface area (Å²) in [5, 5.41) is 4.29. The number of halogens is 3. The van der Waals surface area contributed by atoms with E-state index in [4.69, 9.17) is 0 Å². The zero-order valence-corrected chi connectivity index (χ0v) is 5.94. The minimum atomic E-state index is -4.84. The Hall–Kier alpha value is -0.820. The Morgan fingerprint density at radius 2 is 2.25 bits per heavy atom. The standard InChI is InChI=1S/C5H7F3N2O2/c6-5(7,8)4(11)10-3-1-9-2-12-3/h3,9H,1-2H2,(H,10,11)/t3-/m1/s1. The first-order chi connectivity index (χ1) is 5.50. The van der Waals surface area contributed by atoms with Crippen molar-refractivity contribution in [3.8, 4) is 0 Å². The maximum absolute atomic E-state index is 11.6. The Kier molecular flexibility index (Phi) is 2.53. The van der Waals surface area contributed by atoms with Gasteiger partial charge in [0, 0.05) is 6.54 Å². The summed E-state index contributed by atoms with van der Waals surface area (Å²) in [6, 6.07) is 0. The zero-order chi connectivity index (χ0) is 9.19. The molecule has 1 aliphatic rings. The third-order valence-electron chi connectivity index (χ3n) is 1.27. The van der Waals surface area contributed by atoms with Crippen LogP contribution in [0.4, 0.5) is 13.2 Å². The Morgan fingerprint density at radius 1 is 1.58 bits per heavy atom. The van der Waals surface area contributed by atoms with Crippen molar-refractivity contribution in [2.24, 2.45) is 0 Å². The first-order valence-corrected chi connectivity index (χ1v) is 3.20. The van der Waals surface area contributed by atoms with Crippen molar-refractivity contribution in [3.05, 3.63) is 0 Å². The van der Waals surface area contributed by atoms with Crippen molar-refractivity contribution in [1.29, 1.82) is 0 Å². The minimum absolute atomic E-state index is 0.156. The van der Waals surface area contributed by atoms with Crippen LogP contribution in [0.15, 0.2) is 0 Å². The molecular weight excluding hydrogens is 177 g/mol. The molecule has 2 N–H and O–H groups in total. The van der Waals surface area contributed by atoms with Gasteiger partial charge in [0.05, 0.1) is 6.73 Å². The van der Waals surface area contributed by atoms with Gasteiger partial charge in [-0.25, -0.2) is 0 Å². The highest BCUT2D eigenvalue weighted by atomic mass is 19.4. The van der Waals surface area contributed by atoms with Gasteiger partial charge in [-0.15, -0.1) is 0 Å².